The van der Waals surface area contributed by atoms with Crippen LogP contribution in [0, 0.1) is 17.9 Å². The standard InChI is InChI=1S/C27H23N3O5.Na/c1-29-23-9-5-21(6-10-23)26(30-33-2)18-35-24-11-3-19(4-12-24)17-34-25-13-7-20(8-14-25)22(16-28)15-27(31)32;/h3-14,22H,15,17-18H2,2H3,(H,31,32);/q;+1/p-1/b30-26-;. The number of nitriles is 1. The van der Waals surface area contributed by atoms with Crippen molar-refractivity contribution in [3.63, 3.8) is 0 Å². The zero-order valence-corrected chi connectivity index (χ0v) is 22.0. The Morgan fingerprint density at radius 2 is 1.64 bits per heavy atom. The Labute approximate surface area is 231 Å². The molecule has 3 aromatic carbocycles. The quantitative estimate of drug-likeness (QED) is 0.171. The maximum atomic E-state index is 10.8. The van der Waals surface area contributed by atoms with Crippen LogP contribution in [0.2, 0.25) is 0 Å². The van der Waals surface area contributed by atoms with Crippen LogP contribution < -0.4 is 44.1 Å². The summed E-state index contributed by atoms with van der Waals surface area (Å²) in [4.78, 5) is 19.1. The van der Waals surface area contributed by atoms with E-state index in [0.29, 0.717) is 35.1 Å². The summed E-state index contributed by atoms with van der Waals surface area (Å²) < 4.78 is 11.6. The molecule has 0 aromatic heterocycles. The van der Waals surface area contributed by atoms with Crippen molar-refractivity contribution < 1.29 is 53.8 Å². The van der Waals surface area contributed by atoms with E-state index in [1.54, 1.807) is 48.5 Å². The summed E-state index contributed by atoms with van der Waals surface area (Å²) in [7, 11) is 1.46. The minimum atomic E-state index is -1.26. The summed E-state index contributed by atoms with van der Waals surface area (Å²) in [6.07, 6.45) is -0.349. The number of rotatable bonds is 11. The van der Waals surface area contributed by atoms with Crippen LogP contribution in [0.5, 0.6) is 11.5 Å². The van der Waals surface area contributed by atoms with Crippen molar-refractivity contribution in [1.82, 2.24) is 0 Å². The SMILES string of the molecule is [C-]#[N+]c1ccc(/C(COc2ccc(COc3ccc(C(C#N)CC(=O)[O-])cc3)cc2)=N\OC)cc1.[Na+]. The van der Waals surface area contributed by atoms with Gasteiger partial charge in [0.2, 0.25) is 0 Å². The molecule has 0 spiro atoms. The average molecular weight is 491 g/mol. The summed E-state index contributed by atoms with van der Waals surface area (Å²) in [5.41, 5.74) is 3.47. The van der Waals surface area contributed by atoms with E-state index >= 15 is 0 Å². The number of carbonyl (C=O) groups excluding carboxylic acids is 1. The Balaban J connectivity index is 0.00000456. The van der Waals surface area contributed by atoms with Gasteiger partial charge >= 0.3 is 29.6 Å². The Morgan fingerprint density at radius 3 is 2.19 bits per heavy atom. The summed E-state index contributed by atoms with van der Waals surface area (Å²) in [5.74, 6) is -0.769. The predicted octanol–water partition coefficient (Wildman–Crippen LogP) is 0.997. The van der Waals surface area contributed by atoms with Crippen LogP contribution in [-0.4, -0.2) is 25.4 Å². The Morgan fingerprint density at radius 1 is 1.03 bits per heavy atom. The molecule has 8 nitrogen and oxygen atoms in total. The molecule has 0 aliphatic rings. The molecule has 0 bridgehead atoms. The number of benzene rings is 3. The first-order chi connectivity index (χ1) is 17.0. The normalized spacial score (nSPS) is 11.2. The molecule has 3 rings (SSSR count). The van der Waals surface area contributed by atoms with Crippen LogP contribution in [0.4, 0.5) is 5.69 Å². The van der Waals surface area contributed by atoms with Gasteiger partial charge in [0.05, 0.1) is 18.6 Å². The smallest absolute Gasteiger partial charge is 0.550 e. The molecule has 9 heteroatoms. The van der Waals surface area contributed by atoms with Crippen molar-refractivity contribution in [1.29, 1.82) is 5.26 Å². The van der Waals surface area contributed by atoms with Gasteiger partial charge in [0.25, 0.3) is 0 Å². The van der Waals surface area contributed by atoms with Crippen molar-refractivity contribution in [2.75, 3.05) is 13.7 Å². The monoisotopic (exact) mass is 491 g/mol. The molecule has 36 heavy (non-hydrogen) atoms. The van der Waals surface area contributed by atoms with E-state index in [-0.39, 0.29) is 42.6 Å². The molecule has 0 saturated heterocycles. The Bertz CT molecular complexity index is 1250. The van der Waals surface area contributed by atoms with E-state index in [0.717, 1.165) is 11.1 Å². The van der Waals surface area contributed by atoms with Crippen LogP contribution >= 0.6 is 0 Å². The van der Waals surface area contributed by atoms with Gasteiger partial charge in [-0.3, -0.25) is 0 Å². The molecule has 0 heterocycles. The van der Waals surface area contributed by atoms with Crippen LogP contribution in [-0.2, 0) is 16.2 Å². The number of carboxylic acid groups (broad SMARTS) is 1. The molecule has 0 N–H and O–H groups in total. The van der Waals surface area contributed by atoms with E-state index in [4.69, 9.17) is 26.1 Å². The van der Waals surface area contributed by atoms with Crippen molar-refractivity contribution in [2.45, 2.75) is 18.9 Å². The van der Waals surface area contributed by atoms with Crippen molar-refractivity contribution >= 4 is 17.4 Å². The summed E-state index contributed by atoms with van der Waals surface area (Å²) in [6, 6.07) is 23.2. The van der Waals surface area contributed by atoms with Gasteiger partial charge in [-0.1, -0.05) is 53.7 Å². The molecular formula is C27H22N3NaO5. The molecule has 0 aliphatic heterocycles. The molecule has 0 fully saturated rings. The maximum absolute atomic E-state index is 10.8. The fourth-order valence-electron chi connectivity index (χ4n) is 3.20. The Kier molecular flexibility index (Phi) is 11.5. The number of carboxylic acids is 1. The molecule has 1 unspecified atom stereocenters. The molecule has 1 atom stereocenters. The second-order valence-electron chi connectivity index (χ2n) is 7.43. The van der Waals surface area contributed by atoms with Gasteiger partial charge in [-0.25, -0.2) is 4.85 Å². The van der Waals surface area contributed by atoms with Crippen LogP contribution in [0.3, 0.4) is 0 Å². The molecule has 176 valence electrons. The second-order valence-corrected chi connectivity index (χ2v) is 7.43. The van der Waals surface area contributed by atoms with E-state index < -0.39 is 11.9 Å². The first-order valence-electron chi connectivity index (χ1n) is 10.6. The molecule has 0 aliphatic carbocycles. The van der Waals surface area contributed by atoms with Gasteiger partial charge in [-0.2, -0.15) is 5.26 Å². The molecule has 0 amide bonds. The van der Waals surface area contributed by atoms with Crippen LogP contribution in [0.25, 0.3) is 4.85 Å². The minimum absolute atomic E-state index is 0. The van der Waals surface area contributed by atoms with Gasteiger partial charge in [0.15, 0.2) is 5.69 Å². The molecule has 0 radical (unpaired) electrons. The Hall–Kier alpha value is -3.82. The number of carbonyl (C=O) groups is 1. The van der Waals surface area contributed by atoms with Gasteiger partial charge in [-0.15, -0.1) is 0 Å². The third-order valence-corrected chi connectivity index (χ3v) is 5.04. The second kappa shape index (κ2) is 14.6. The van der Waals surface area contributed by atoms with E-state index in [1.807, 2.05) is 30.3 Å². The number of aliphatic carboxylic acids is 1. The zero-order valence-electron chi connectivity index (χ0n) is 20.0. The minimum Gasteiger partial charge on any atom is -0.550 e. The first kappa shape index (κ1) is 28.4. The number of oxime groups is 1. The molecular weight excluding hydrogens is 469 g/mol. The van der Waals surface area contributed by atoms with Crippen molar-refractivity contribution in [2.24, 2.45) is 5.16 Å². The van der Waals surface area contributed by atoms with Crippen LogP contribution in [0.1, 0.15) is 29.0 Å². The van der Waals surface area contributed by atoms with Gasteiger partial charge in [0, 0.05) is 18.0 Å². The van der Waals surface area contributed by atoms with Crippen molar-refractivity contribution in [3.8, 4) is 17.6 Å². The molecule has 3 aromatic rings. The van der Waals surface area contributed by atoms with Gasteiger partial charge < -0.3 is 24.2 Å². The summed E-state index contributed by atoms with van der Waals surface area (Å²) >= 11 is 0. The number of hydrogen-bond acceptors (Lipinski definition) is 7. The molecule has 0 saturated carbocycles. The fourth-order valence-corrected chi connectivity index (χ4v) is 3.20. The summed E-state index contributed by atoms with van der Waals surface area (Å²) in [5, 5.41) is 23.9. The number of hydrogen-bond donors (Lipinski definition) is 0. The predicted molar refractivity (Wildman–Crippen MR) is 127 cm³/mol. The third kappa shape index (κ3) is 8.44. The van der Waals surface area contributed by atoms with E-state index in [1.165, 1.54) is 7.11 Å². The average Bonchev–Trinajstić information content (AvgIpc) is 2.89. The maximum Gasteiger partial charge on any atom is 1.00 e. The third-order valence-electron chi connectivity index (χ3n) is 5.04. The zero-order chi connectivity index (χ0) is 25.0. The fraction of sp³-hybridized carbons (Fsp3) is 0.185. The van der Waals surface area contributed by atoms with E-state index in [2.05, 4.69) is 10.0 Å². The van der Waals surface area contributed by atoms with E-state index in [9.17, 15) is 9.90 Å². The number of ether oxygens (including phenoxy) is 2. The van der Waals surface area contributed by atoms with Gasteiger partial charge in [-0.05, 0) is 35.4 Å². The van der Waals surface area contributed by atoms with Gasteiger partial charge in [0.1, 0.15) is 37.5 Å². The van der Waals surface area contributed by atoms with Crippen molar-refractivity contribution in [3.05, 3.63) is 101 Å². The first-order valence-corrected chi connectivity index (χ1v) is 10.6. The number of nitrogens with zero attached hydrogens (tertiary/aromatic N) is 3. The van der Waals surface area contributed by atoms with Crippen LogP contribution in [0.15, 0.2) is 78.0 Å². The largest absolute Gasteiger partial charge is 1.00 e. The summed E-state index contributed by atoms with van der Waals surface area (Å²) in [6.45, 7) is 7.56. The topological polar surface area (TPSA) is 108 Å².